The predicted molar refractivity (Wildman–Crippen MR) is 214 cm³/mol. The van der Waals surface area contributed by atoms with Crippen LogP contribution >= 0.6 is 0 Å². The molecule has 5 aromatic rings. The van der Waals surface area contributed by atoms with Crippen LogP contribution in [-0.2, 0) is 59.2 Å². The molecule has 7 atom stereocenters. The molecular weight excluding hydrogens is 809 g/mol. The number of hydrogen-bond acceptors (Lipinski definition) is 13. The molecule has 7 unspecified atom stereocenters. The van der Waals surface area contributed by atoms with E-state index in [9.17, 15) is 38.7 Å². The highest BCUT2D eigenvalue weighted by atomic mass is 16.4. The van der Waals surface area contributed by atoms with E-state index in [1.54, 1.807) is 13.8 Å². The normalized spacial score (nSPS) is 15.0. The largest absolute Gasteiger partial charge is 0.480 e. The molecule has 0 bridgehead atoms. The third kappa shape index (κ3) is 11.6. The Bertz CT molecular complexity index is 2270. The minimum absolute atomic E-state index is 0.0450. The van der Waals surface area contributed by atoms with Crippen molar-refractivity contribution in [2.75, 3.05) is 0 Å². The summed E-state index contributed by atoms with van der Waals surface area (Å²) >= 11 is 0. The molecule has 0 spiro atoms. The molecule has 5 amide bonds. The minimum Gasteiger partial charge on any atom is -0.480 e. The third-order valence-electron chi connectivity index (χ3n) is 10.2. The number of nitrogens with one attached hydrogen (secondary N) is 10. The molecule has 6 rings (SSSR count). The number of aliphatic carboxylic acids is 1. The summed E-state index contributed by atoms with van der Waals surface area (Å²) < 4.78 is 0. The summed E-state index contributed by atoms with van der Waals surface area (Å²) in [5.74, 6) is -6.34. The molecular formula is C38H48N16O8. The van der Waals surface area contributed by atoms with E-state index >= 15 is 0 Å². The van der Waals surface area contributed by atoms with E-state index in [0.29, 0.717) is 34.2 Å². The van der Waals surface area contributed by atoms with E-state index in [4.69, 9.17) is 5.73 Å². The van der Waals surface area contributed by atoms with Crippen molar-refractivity contribution >= 4 is 41.3 Å². The summed E-state index contributed by atoms with van der Waals surface area (Å²) in [5.41, 5.74) is 8.96. The molecule has 1 aliphatic rings. The van der Waals surface area contributed by atoms with Gasteiger partial charge in [0.1, 0.15) is 36.0 Å². The van der Waals surface area contributed by atoms with Crippen molar-refractivity contribution < 1.29 is 38.7 Å². The second-order valence-electron chi connectivity index (χ2n) is 15.1. The number of carbonyl (C=O) groups excluding carboxylic acids is 6. The molecule has 328 valence electrons. The van der Waals surface area contributed by atoms with Crippen LogP contribution in [0.4, 0.5) is 0 Å². The van der Waals surface area contributed by atoms with Gasteiger partial charge in [-0.05, 0) is 6.42 Å². The fourth-order valence-electron chi connectivity index (χ4n) is 6.69. The molecule has 0 aromatic carbocycles. The lowest BCUT2D eigenvalue weighted by Crippen LogP contribution is -2.60. The number of Topliss-reactive ketones (excluding diaryl/α,β-unsaturated/α-hetero) is 1. The van der Waals surface area contributed by atoms with E-state index in [1.165, 1.54) is 56.4 Å². The molecule has 1 aliphatic carbocycles. The van der Waals surface area contributed by atoms with E-state index < -0.39 is 77.7 Å². The molecule has 62 heavy (non-hydrogen) atoms. The Hall–Kier alpha value is -7.50. The minimum atomic E-state index is -1.40. The van der Waals surface area contributed by atoms with Crippen molar-refractivity contribution in [2.45, 2.75) is 94.5 Å². The summed E-state index contributed by atoms with van der Waals surface area (Å²) in [7, 11) is 0. The molecule has 24 nitrogen and oxygen atoms in total. The van der Waals surface area contributed by atoms with Crippen LogP contribution in [0.25, 0.3) is 0 Å². The number of hydrogen-bond donors (Lipinski definition) is 12. The number of fused-ring (bicyclic) bond motifs is 1. The van der Waals surface area contributed by atoms with Crippen LogP contribution in [0, 0.1) is 5.92 Å². The number of amides is 5. The number of rotatable bonds is 24. The fourth-order valence-corrected chi connectivity index (χ4v) is 6.69. The van der Waals surface area contributed by atoms with Crippen LogP contribution < -0.4 is 32.3 Å². The Morgan fingerprint density at radius 1 is 0.597 bits per heavy atom. The lowest BCUT2D eigenvalue weighted by molar-refractivity contribution is -0.142. The lowest BCUT2D eigenvalue weighted by atomic mass is 10.0. The molecule has 0 aliphatic heterocycles. The van der Waals surface area contributed by atoms with Crippen LogP contribution in [0.2, 0.25) is 0 Å². The van der Waals surface area contributed by atoms with Crippen molar-refractivity contribution in [3.63, 3.8) is 0 Å². The highest BCUT2D eigenvalue weighted by Crippen LogP contribution is 2.42. The van der Waals surface area contributed by atoms with Gasteiger partial charge in [-0.3, -0.25) is 28.8 Å². The van der Waals surface area contributed by atoms with Gasteiger partial charge in [-0.2, -0.15) is 0 Å². The molecule has 5 heterocycles. The van der Waals surface area contributed by atoms with Gasteiger partial charge in [0.05, 0.1) is 55.0 Å². The van der Waals surface area contributed by atoms with Gasteiger partial charge in [0, 0.05) is 85.6 Å². The Labute approximate surface area is 352 Å². The van der Waals surface area contributed by atoms with E-state index in [-0.39, 0.29) is 50.2 Å². The van der Waals surface area contributed by atoms with Crippen molar-refractivity contribution in [1.82, 2.24) is 76.4 Å². The van der Waals surface area contributed by atoms with Gasteiger partial charge >= 0.3 is 5.97 Å². The van der Waals surface area contributed by atoms with Gasteiger partial charge in [0.2, 0.25) is 29.5 Å². The highest BCUT2D eigenvalue weighted by molar-refractivity contribution is 5.97. The first kappa shape index (κ1) is 44.1. The summed E-state index contributed by atoms with van der Waals surface area (Å²) in [6.07, 6.45) is 12.3. The first-order valence-corrected chi connectivity index (χ1v) is 19.7. The highest BCUT2D eigenvalue weighted by Gasteiger charge is 2.48. The summed E-state index contributed by atoms with van der Waals surface area (Å²) in [4.78, 5) is 129. The van der Waals surface area contributed by atoms with Gasteiger partial charge < -0.3 is 62.3 Å². The molecule has 5 aromatic heterocycles. The number of aromatic nitrogens is 10. The second-order valence-corrected chi connectivity index (χ2v) is 15.1. The van der Waals surface area contributed by atoms with Crippen molar-refractivity contribution in [3.05, 3.63) is 90.6 Å². The number of aromatic amines is 5. The number of carboxylic acid groups (broad SMARTS) is 1. The van der Waals surface area contributed by atoms with Crippen molar-refractivity contribution in [1.29, 1.82) is 0 Å². The smallest absolute Gasteiger partial charge is 0.326 e. The average Bonchev–Trinajstić information content (AvgIpc) is 4.04. The zero-order valence-electron chi connectivity index (χ0n) is 33.7. The maximum Gasteiger partial charge on any atom is 0.326 e. The number of imidazole rings is 5. The van der Waals surface area contributed by atoms with E-state index in [2.05, 4.69) is 76.4 Å². The van der Waals surface area contributed by atoms with E-state index in [1.807, 2.05) is 0 Å². The maximum absolute atomic E-state index is 14.4. The van der Waals surface area contributed by atoms with Crippen molar-refractivity contribution in [3.8, 4) is 0 Å². The number of nitrogens with zero attached hydrogens (tertiary/aromatic N) is 5. The van der Waals surface area contributed by atoms with Gasteiger partial charge in [0.25, 0.3) is 0 Å². The lowest BCUT2D eigenvalue weighted by Gasteiger charge is -2.27. The first-order chi connectivity index (χ1) is 29.8. The summed E-state index contributed by atoms with van der Waals surface area (Å²) in [6, 6.07) is -7.91. The standard InChI is InChI=1S/C38H48N16O8/c1-18(2)28(55)4-3-23(39)33(56)50-24(5-19-9-40-13-44-19)34(57)51-26(7-21-11-42-15-46-21)36(59)54-32(29-30-31(29)49-17-48-30)37(60)52-25(6-20-10-41-14-45-20)35(58)53-27(38(61)62)8-22-12-43-16-47-22/h9-18,23-27,29,32H,3-8,39H2,1-2H3,(H,40,44)(H,41,45)(H,42,46)(H,43,47)(H,48,49)(H,50,56)(H,51,57)(H,52,60)(H,53,58)(H,54,59)(H,61,62). The molecule has 0 radical (unpaired) electrons. The SMILES string of the molecule is CC(C)C(=O)CCC(N)C(=O)NC(Cc1cnc[nH]1)C(=O)NC(Cc1cnc[nH]1)C(=O)NC(C(=O)NC(Cc1cnc[nH]1)C(=O)NC(Cc1cnc[nH]1)C(=O)O)C1c2nc[nH]c21. The molecule has 24 heteroatoms. The van der Waals surface area contributed by atoms with Crippen LogP contribution in [-0.4, -0.2) is 132 Å². The summed E-state index contributed by atoms with van der Waals surface area (Å²) in [5, 5.41) is 23.1. The van der Waals surface area contributed by atoms with Gasteiger partial charge in [-0.1, -0.05) is 13.8 Å². The molecule has 13 N–H and O–H groups in total. The average molecular weight is 857 g/mol. The predicted octanol–water partition coefficient (Wildman–Crippen LogP) is -2.44. The summed E-state index contributed by atoms with van der Waals surface area (Å²) in [6.45, 7) is 3.48. The Morgan fingerprint density at radius 2 is 1.02 bits per heavy atom. The monoisotopic (exact) mass is 856 g/mol. The Kier molecular flexibility index (Phi) is 14.3. The molecule has 0 saturated carbocycles. The molecule has 0 saturated heterocycles. The molecule has 0 fully saturated rings. The fraction of sp³-hybridized carbons (Fsp3) is 0.421. The quantitative estimate of drug-likeness (QED) is 0.0307. The van der Waals surface area contributed by atoms with Gasteiger partial charge in [-0.25, -0.2) is 29.7 Å². The third-order valence-corrected chi connectivity index (χ3v) is 10.2. The second kappa shape index (κ2) is 20.2. The Balaban J connectivity index is 1.21. The van der Waals surface area contributed by atoms with Crippen LogP contribution in [0.1, 0.15) is 66.8 Å². The number of ketones is 1. The van der Waals surface area contributed by atoms with Crippen molar-refractivity contribution in [2.24, 2.45) is 11.7 Å². The van der Waals surface area contributed by atoms with Crippen LogP contribution in [0.3, 0.4) is 0 Å². The topological polar surface area (TPSA) is 369 Å². The van der Waals surface area contributed by atoms with Gasteiger partial charge in [0.15, 0.2) is 0 Å². The van der Waals surface area contributed by atoms with Gasteiger partial charge in [-0.15, -0.1) is 0 Å². The number of carboxylic acids is 1. The Morgan fingerprint density at radius 3 is 1.42 bits per heavy atom. The number of H-pyrrole nitrogens is 5. The number of nitrogens with two attached hydrogens (primary N) is 1. The number of carbonyl (C=O) groups is 7. The zero-order chi connectivity index (χ0) is 44.3. The van der Waals surface area contributed by atoms with Crippen LogP contribution in [0.15, 0.2) is 56.4 Å². The first-order valence-electron chi connectivity index (χ1n) is 19.7. The van der Waals surface area contributed by atoms with E-state index in [0.717, 1.165) is 0 Å². The maximum atomic E-state index is 14.4. The van der Waals surface area contributed by atoms with Crippen LogP contribution in [0.5, 0.6) is 0 Å². The zero-order valence-corrected chi connectivity index (χ0v) is 33.7.